The van der Waals surface area contributed by atoms with Crippen LogP contribution in [0.3, 0.4) is 0 Å². The maximum Gasteiger partial charge on any atom is 0.309 e. The van der Waals surface area contributed by atoms with E-state index in [1.165, 1.54) is 6.92 Å². The molecule has 0 heterocycles. The molecule has 2 atom stereocenters. The second-order valence-corrected chi connectivity index (χ2v) is 6.98. The third-order valence-corrected chi connectivity index (χ3v) is 4.29. The van der Waals surface area contributed by atoms with E-state index in [2.05, 4.69) is 0 Å². The fourth-order valence-electron chi connectivity index (χ4n) is 1.81. The second-order valence-electron chi connectivity index (χ2n) is 5.45. The molecule has 0 spiro atoms. The van der Waals surface area contributed by atoms with Crippen LogP contribution in [0.1, 0.15) is 25.8 Å². The average molecular weight is 357 g/mol. The summed E-state index contributed by atoms with van der Waals surface area (Å²) in [6.45, 7) is 3.02. The van der Waals surface area contributed by atoms with Gasteiger partial charge in [-0.3, -0.25) is 9.59 Å². The van der Waals surface area contributed by atoms with E-state index in [-0.39, 0.29) is 19.6 Å². The fourth-order valence-corrected chi connectivity index (χ4v) is 2.28. The predicted octanol–water partition coefficient (Wildman–Crippen LogP) is 1.48. The molecule has 134 valence electrons. The van der Waals surface area contributed by atoms with Gasteiger partial charge in [-0.05, 0) is 12.0 Å². The van der Waals surface area contributed by atoms with Gasteiger partial charge in [0.2, 0.25) is 0 Å². The molecule has 0 bridgehead atoms. The summed E-state index contributed by atoms with van der Waals surface area (Å²) in [6.07, 6.45) is -0.0723. The van der Waals surface area contributed by atoms with E-state index in [1.54, 1.807) is 6.92 Å². The highest BCUT2D eigenvalue weighted by atomic mass is 32.2. The van der Waals surface area contributed by atoms with Crippen molar-refractivity contribution in [2.75, 3.05) is 12.4 Å². The van der Waals surface area contributed by atoms with E-state index in [9.17, 15) is 22.6 Å². The summed E-state index contributed by atoms with van der Waals surface area (Å²) in [7, 11) is -4.32. The Morgan fingerprint density at radius 3 is 2.12 bits per heavy atom. The molecule has 0 radical (unpaired) electrons. The first-order valence-corrected chi connectivity index (χ1v) is 9.09. The molecule has 1 rings (SSSR count). The van der Waals surface area contributed by atoms with Crippen LogP contribution in [0, 0.1) is 11.8 Å². The molecule has 1 aromatic rings. The molecule has 24 heavy (non-hydrogen) atoms. The van der Waals surface area contributed by atoms with Gasteiger partial charge in [0.1, 0.15) is 6.61 Å². The van der Waals surface area contributed by atoms with Gasteiger partial charge >= 0.3 is 11.9 Å². The number of ether oxygens (including phenoxy) is 2. The van der Waals surface area contributed by atoms with Crippen molar-refractivity contribution in [1.82, 2.24) is 0 Å². The van der Waals surface area contributed by atoms with Gasteiger partial charge in [-0.15, -0.1) is 0 Å². The topological polar surface area (TPSA) is 110 Å². The van der Waals surface area contributed by atoms with E-state index < -0.39 is 39.6 Å². The van der Waals surface area contributed by atoms with Gasteiger partial charge in [-0.25, -0.2) is 8.42 Å². The Balaban J connectivity index is 2.37. The summed E-state index contributed by atoms with van der Waals surface area (Å²) in [5, 5.41) is 0. The molecule has 0 fully saturated rings. The standard InChI is InChI=1S/C16H22O7S/c1-12(15(17)22-9-6-10-24(19,20)21)13(2)16(18)23-11-14-7-4-3-5-8-14/h3-5,7-8,12-13H,6,9-11H2,1-2H3,(H,19,20,21)/p-1. The molecule has 0 aliphatic rings. The molecule has 7 nitrogen and oxygen atoms in total. The Bertz CT molecular complexity index is 640. The Morgan fingerprint density at radius 1 is 1.04 bits per heavy atom. The lowest BCUT2D eigenvalue weighted by molar-refractivity contribution is -0.160. The molecule has 1 aromatic carbocycles. The Labute approximate surface area is 141 Å². The number of carbonyl (C=O) groups is 2. The van der Waals surface area contributed by atoms with E-state index in [0.29, 0.717) is 0 Å². The van der Waals surface area contributed by atoms with Crippen LogP contribution >= 0.6 is 0 Å². The summed E-state index contributed by atoms with van der Waals surface area (Å²) >= 11 is 0. The van der Waals surface area contributed by atoms with Crippen LogP contribution in [0.2, 0.25) is 0 Å². The quantitative estimate of drug-likeness (QED) is 0.374. The monoisotopic (exact) mass is 357 g/mol. The van der Waals surface area contributed by atoms with Gasteiger partial charge in [0.15, 0.2) is 0 Å². The summed E-state index contributed by atoms with van der Waals surface area (Å²) in [5.41, 5.74) is 0.840. The minimum atomic E-state index is -4.32. The van der Waals surface area contributed by atoms with Gasteiger partial charge in [0.05, 0.1) is 28.6 Å². The van der Waals surface area contributed by atoms with Gasteiger partial charge in [0.25, 0.3) is 0 Å². The van der Waals surface area contributed by atoms with Crippen molar-refractivity contribution in [3.05, 3.63) is 35.9 Å². The van der Waals surface area contributed by atoms with Crippen molar-refractivity contribution in [2.45, 2.75) is 26.9 Å². The normalized spacial score (nSPS) is 13.8. The number of esters is 2. The molecule has 0 saturated carbocycles. The van der Waals surface area contributed by atoms with Gasteiger partial charge in [-0.2, -0.15) is 0 Å². The first kappa shape index (κ1) is 20.1. The van der Waals surface area contributed by atoms with Crippen LogP contribution in [-0.4, -0.2) is 37.3 Å². The average Bonchev–Trinajstić information content (AvgIpc) is 2.55. The maximum atomic E-state index is 12.0. The largest absolute Gasteiger partial charge is 0.748 e. The van der Waals surface area contributed by atoms with Crippen molar-refractivity contribution >= 4 is 22.1 Å². The predicted molar refractivity (Wildman–Crippen MR) is 84.7 cm³/mol. The molecular weight excluding hydrogens is 336 g/mol. The Hall–Kier alpha value is -1.93. The summed E-state index contributed by atoms with van der Waals surface area (Å²) in [4.78, 5) is 23.8. The van der Waals surface area contributed by atoms with Gasteiger partial charge in [-0.1, -0.05) is 44.2 Å². The number of rotatable bonds is 9. The van der Waals surface area contributed by atoms with Crippen LogP contribution in [0.5, 0.6) is 0 Å². The Kier molecular flexibility index (Phi) is 7.87. The number of hydrogen-bond acceptors (Lipinski definition) is 7. The molecular formula is C16H21O7S-. The zero-order chi connectivity index (χ0) is 18.2. The van der Waals surface area contributed by atoms with E-state index in [4.69, 9.17) is 9.47 Å². The second kappa shape index (κ2) is 9.39. The van der Waals surface area contributed by atoms with Crippen LogP contribution < -0.4 is 0 Å². The highest BCUT2D eigenvalue weighted by molar-refractivity contribution is 7.85. The summed E-state index contributed by atoms with van der Waals surface area (Å²) in [6, 6.07) is 9.15. The maximum absolute atomic E-state index is 12.0. The first-order chi connectivity index (χ1) is 11.2. The van der Waals surface area contributed by atoms with Crippen LogP contribution in [0.15, 0.2) is 30.3 Å². The lowest BCUT2D eigenvalue weighted by Gasteiger charge is -2.18. The molecule has 0 aliphatic carbocycles. The SMILES string of the molecule is CC(C(=O)OCCCS(=O)(=O)[O-])C(C)C(=O)OCc1ccccc1. The third kappa shape index (κ3) is 7.56. The zero-order valence-electron chi connectivity index (χ0n) is 13.6. The Morgan fingerprint density at radius 2 is 1.58 bits per heavy atom. The zero-order valence-corrected chi connectivity index (χ0v) is 14.5. The van der Waals surface area contributed by atoms with Crippen LogP contribution in [0.25, 0.3) is 0 Å². The van der Waals surface area contributed by atoms with Gasteiger partial charge in [0, 0.05) is 5.75 Å². The van der Waals surface area contributed by atoms with Gasteiger partial charge < -0.3 is 14.0 Å². The van der Waals surface area contributed by atoms with Crippen molar-refractivity contribution in [3.63, 3.8) is 0 Å². The van der Waals surface area contributed by atoms with Crippen molar-refractivity contribution in [2.24, 2.45) is 11.8 Å². The van der Waals surface area contributed by atoms with Crippen LogP contribution in [-0.2, 0) is 35.8 Å². The van der Waals surface area contributed by atoms with Crippen molar-refractivity contribution in [3.8, 4) is 0 Å². The number of benzene rings is 1. The van der Waals surface area contributed by atoms with E-state index in [0.717, 1.165) is 5.56 Å². The minimum Gasteiger partial charge on any atom is -0.748 e. The molecule has 0 amide bonds. The molecule has 0 aliphatic heterocycles. The highest BCUT2D eigenvalue weighted by Gasteiger charge is 2.28. The molecule has 2 unspecified atom stereocenters. The van der Waals surface area contributed by atoms with Crippen molar-refractivity contribution in [1.29, 1.82) is 0 Å². The molecule has 0 N–H and O–H groups in total. The summed E-state index contributed by atoms with van der Waals surface area (Å²) in [5.74, 6) is -3.20. The smallest absolute Gasteiger partial charge is 0.309 e. The van der Waals surface area contributed by atoms with Crippen molar-refractivity contribution < 1.29 is 32.0 Å². The van der Waals surface area contributed by atoms with E-state index >= 15 is 0 Å². The van der Waals surface area contributed by atoms with E-state index in [1.807, 2.05) is 30.3 Å². The lowest BCUT2D eigenvalue weighted by Crippen LogP contribution is -2.29. The fraction of sp³-hybridized carbons (Fsp3) is 0.500. The number of carbonyl (C=O) groups excluding carboxylic acids is 2. The molecule has 0 aromatic heterocycles. The summed E-state index contributed by atoms with van der Waals surface area (Å²) < 4.78 is 41.4. The third-order valence-electron chi connectivity index (χ3n) is 3.50. The van der Waals surface area contributed by atoms with Crippen LogP contribution in [0.4, 0.5) is 0 Å². The lowest BCUT2D eigenvalue weighted by atomic mass is 9.96. The highest BCUT2D eigenvalue weighted by Crippen LogP contribution is 2.16. The minimum absolute atomic E-state index is 0.0723. The molecule has 0 saturated heterocycles. The first-order valence-electron chi connectivity index (χ1n) is 7.51. The number of hydrogen-bond donors (Lipinski definition) is 0. The molecule has 8 heteroatoms.